The fraction of sp³-hybridized carbons (Fsp3) is 0.192. The number of amides is 1. The zero-order chi connectivity index (χ0) is 23.5. The van der Waals surface area contributed by atoms with E-state index in [4.69, 9.17) is 32.7 Å². The van der Waals surface area contributed by atoms with E-state index in [9.17, 15) is 4.79 Å². The molecule has 0 spiro atoms. The van der Waals surface area contributed by atoms with Gasteiger partial charge in [-0.15, -0.1) is 0 Å². The molecule has 4 rings (SSSR count). The molecule has 0 unspecified atom stereocenters. The Morgan fingerprint density at radius 3 is 2.58 bits per heavy atom. The van der Waals surface area contributed by atoms with Crippen molar-refractivity contribution in [2.45, 2.75) is 20.0 Å². The van der Waals surface area contributed by atoms with Crippen LogP contribution in [0.2, 0.25) is 10.0 Å². The van der Waals surface area contributed by atoms with Crippen molar-refractivity contribution in [3.05, 3.63) is 85.8 Å². The predicted octanol–water partition coefficient (Wildman–Crippen LogP) is 7.64. The van der Waals surface area contributed by atoms with E-state index in [1.54, 1.807) is 19.2 Å². The van der Waals surface area contributed by atoms with Crippen molar-refractivity contribution in [3.63, 3.8) is 0 Å². The molecule has 1 aliphatic heterocycles. The Hall–Kier alpha value is -2.47. The molecule has 0 saturated heterocycles. The van der Waals surface area contributed by atoms with Crippen molar-refractivity contribution in [1.29, 1.82) is 0 Å². The molecule has 0 saturated carbocycles. The van der Waals surface area contributed by atoms with Crippen LogP contribution >= 0.6 is 39.1 Å². The molecule has 0 radical (unpaired) electrons. The molecule has 1 amide bonds. The van der Waals surface area contributed by atoms with Crippen LogP contribution in [-0.2, 0) is 11.4 Å². The Labute approximate surface area is 211 Å². The number of carbonyl (C=O) groups is 1. The average molecular weight is 547 g/mol. The van der Waals surface area contributed by atoms with Gasteiger partial charge in [0.05, 0.1) is 27.3 Å². The SMILES string of the molecule is CCCN1C(=O)/C(=C\c2cc(Br)c(OCc3ccc(Cl)c(Cl)c3)c(OC)c2)c2ccccc21. The number of rotatable bonds is 7. The van der Waals surface area contributed by atoms with Crippen molar-refractivity contribution in [3.8, 4) is 11.5 Å². The topological polar surface area (TPSA) is 38.8 Å². The van der Waals surface area contributed by atoms with E-state index in [1.165, 1.54) is 0 Å². The van der Waals surface area contributed by atoms with Crippen molar-refractivity contribution in [2.75, 3.05) is 18.6 Å². The summed E-state index contributed by atoms with van der Waals surface area (Å²) in [6, 6.07) is 17.0. The minimum atomic E-state index is 0.00748. The molecule has 3 aromatic rings. The first-order valence-electron chi connectivity index (χ1n) is 10.5. The van der Waals surface area contributed by atoms with Gasteiger partial charge in [0.25, 0.3) is 5.91 Å². The van der Waals surface area contributed by atoms with Gasteiger partial charge in [-0.1, -0.05) is 54.4 Å². The predicted molar refractivity (Wildman–Crippen MR) is 138 cm³/mol. The second kappa shape index (κ2) is 10.2. The molecular formula is C26H22BrCl2NO3. The van der Waals surface area contributed by atoms with E-state index in [1.807, 2.05) is 53.4 Å². The number of ether oxygens (including phenoxy) is 2. The number of benzene rings is 3. The third kappa shape index (κ3) is 4.91. The van der Waals surface area contributed by atoms with E-state index in [0.29, 0.717) is 40.3 Å². The van der Waals surface area contributed by atoms with Crippen LogP contribution in [-0.4, -0.2) is 19.6 Å². The Balaban J connectivity index is 1.65. The fourth-order valence-corrected chi connectivity index (χ4v) is 4.70. The van der Waals surface area contributed by atoms with Crippen LogP contribution in [0.25, 0.3) is 11.6 Å². The molecule has 0 fully saturated rings. The van der Waals surface area contributed by atoms with Crippen LogP contribution in [0.4, 0.5) is 5.69 Å². The third-order valence-electron chi connectivity index (χ3n) is 5.34. The Morgan fingerprint density at radius 1 is 1.06 bits per heavy atom. The molecule has 0 bridgehead atoms. The number of methoxy groups -OCH3 is 1. The van der Waals surface area contributed by atoms with Gasteiger partial charge in [-0.3, -0.25) is 4.79 Å². The first-order chi connectivity index (χ1) is 15.9. The number of para-hydroxylation sites is 1. The van der Waals surface area contributed by atoms with Gasteiger partial charge in [0.1, 0.15) is 6.61 Å². The molecule has 1 aliphatic rings. The van der Waals surface area contributed by atoms with Crippen LogP contribution in [0.1, 0.15) is 30.0 Å². The van der Waals surface area contributed by atoms with Crippen LogP contribution in [0.5, 0.6) is 11.5 Å². The average Bonchev–Trinajstić information content (AvgIpc) is 3.06. The van der Waals surface area contributed by atoms with Gasteiger partial charge in [-0.05, 0) is 69.9 Å². The molecule has 33 heavy (non-hydrogen) atoms. The Kier molecular flexibility index (Phi) is 7.32. The minimum absolute atomic E-state index is 0.00748. The maximum Gasteiger partial charge on any atom is 0.258 e. The quantitative estimate of drug-likeness (QED) is 0.286. The molecule has 0 aromatic heterocycles. The zero-order valence-electron chi connectivity index (χ0n) is 18.2. The summed E-state index contributed by atoms with van der Waals surface area (Å²) < 4.78 is 12.3. The number of fused-ring (bicyclic) bond motifs is 1. The lowest BCUT2D eigenvalue weighted by atomic mass is 10.0. The van der Waals surface area contributed by atoms with Gasteiger partial charge in [-0.2, -0.15) is 0 Å². The summed E-state index contributed by atoms with van der Waals surface area (Å²) >= 11 is 15.7. The lowest BCUT2D eigenvalue weighted by Crippen LogP contribution is -2.26. The monoisotopic (exact) mass is 545 g/mol. The highest BCUT2D eigenvalue weighted by Crippen LogP contribution is 2.41. The van der Waals surface area contributed by atoms with E-state index in [2.05, 4.69) is 22.9 Å². The highest BCUT2D eigenvalue weighted by atomic mass is 79.9. The standard InChI is InChI=1S/C26H22BrCl2NO3/c1-3-10-30-23-7-5-4-6-18(23)19(26(30)31)11-17-12-20(27)25(24(14-17)32-2)33-15-16-8-9-21(28)22(29)13-16/h4-9,11-14H,3,10,15H2,1-2H3/b19-11-. The lowest BCUT2D eigenvalue weighted by Gasteiger charge is -2.15. The Bertz CT molecular complexity index is 1240. The van der Waals surface area contributed by atoms with E-state index >= 15 is 0 Å². The molecular weight excluding hydrogens is 525 g/mol. The molecule has 0 aliphatic carbocycles. The van der Waals surface area contributed by atoms with Crippen LogP contribution in [0.15, 0.2) is 59.1 Å². The number of nitrogens with zero attached hydrogens (tertiary/aromatic N) is 1. The summed E-state index contributed by atoms with van der Waals surface area (Å²) in [5, 5.41) is 0.974. The second-order valence-corrected chi connectivity index (χ2v) is 9.27. The van der Waals surface area contributed by atoms with Crippen LogP contribution < -0.4 is 14.4 Å². The normalized spacial score (nSPS) is 14.0. The number of hydrogen-bond acceptors (Lipinski definition) is 3. The number of carbonyl (C=O) groups excluding carboxylic acids is 1. The molecule has 0 N–H and O–H groups in total. The van der Waals surface area contributed by atoms with Gasteiger partial charge in [0.15, 0.2) is 11.5 Å². The van der Waals surface area contributed by atoms with Crippen molar-refractivity contribution < 1.29 is 14.3 Å². The maximum atomic E-state index is 13.1. The molecule has 0 atom stereocenters. The minimum Gasteiger partial charge on any atom is -0.493 e. The molecule has 3 aromatic carbocycles. The summed E-state index contributed by atoms with van der Waals surface area (Å²) in [6.07, 6.45) is 2.78. The third-order valence-corrected chi connectivity index (χ3v) is 6.67. The number of hydrogen-bond donors (Lipinski definition) is 0. The van der Waals surface area contributed by atoms with Gasteiger partial charge in [0, 0.05) is 17.7 Å². The summed E-state index contributed by atoms with van der Waals surface area (Å²) in [5.74, 6) is 1.13. The van der Waals surface area contributed by atoms with Crippen molar-refractivity contribution in [2.24, 2.45) is 0 Å². The van der Waals surface area contributed by atoms with Crippen LogP contribution in [0.3, 0.4) is 0 Å². The van der Waals surface area contributed by atoms with Gasteiger partial charge >= 0.3 is 0 Å². The fourth-order valence-electron chi connectivity index (χ4n) is 3.81. The maximum absolute atomic E-state index is 13.1. The molecule has 1 heterocycles. The molecule has 4 nitrogen and oxygen atoms in total. The number of halogens is 3. The largest absolute Gasteiger partial charge is 0.493 e. The molecule has 7 heteroatoms. The van der Waals surface area contributed by atoms with Gasteiger partial charge in [-0.25, -0.2) is 0 Å². The second-order valence-electron chi connectivity index (χ2n) is 7.60. The highest BCUT2D eigenvalue weighted by Gasteiger charge is 2.31. The van der Waals surface area contributed by atoms with Crippen LogP contribution in [0, 0.1) is 0 Å². The lowest BCUT2D eigenvalue weighted by molar-refractivity contribution is -0.113. The number of anilines is 1. The summed E-state index contributed by atoms with van der Waals surface area (Å²) in [6.45, 7) is 3.04. The first-order valence-corrected chi connectivity index (χ1v) is 12.0. The Morgan fingerprint density at radius 2 is 1.85 bits per heavy atom. The summed E-state index contributed by atoms with van der Waals surface area (Å²) in [4.78, 5) is 15.0. The summed E-state index contributed by atoms with van der Waals surface area (Å²) in [7, 11) is 1.59. The zero-order valence-corrected chi connectivity index (χ0v) is 21.3. The smallest absolute Gasteiger partial charge is 0.258 e. The van der Waals surface area contributed by atoms with Gasteiger partial charge in [0.2, 0.25) is 0 Å². The first kappa shape index (κ1) is 23.7. The highest BCUT2D eigenvalue weighted by molar-refractivity contribution is 9.10. The van der Waals surface area contributed by atoms with Gasteiger partial charge < -0.3 is 14.4 Å². The van der Waals surface area contributed by atoms with E-state index in [-0.39, 0.29) is 5.91 Å². The van der Waals surface area contributed by atoms with E-state index in [0.717, 1.165) is 33.3 Å². The summed E-state index contributed by atoms with van der Waals surface area (Å²) in [5.41, 5.74) is 4.26. The molecule has 170 valence electrons. The van der Waals surface area contributed by atoms with Crippen molar-refractivity contribution in [1.82, 2.24) is 0 Å². The van der Waals surface area contributed by atoms with Crippen molar-refractivity contribution >= 4 is 62.4 Å². The van der Waals surface area contributed by atoms with E-state index < -0.39 is 0 Å².